The van der Waals surface area contributed by atoms with Gasteiger partial charge in [0.2, 0.25) is 0 Å². The van der Waals surface area contributed by atoms with Gasteiger partial charge in [0, 0.05) is 33.5 Å². The Morgan fingerprint density at radius 1 is 1.26 bits per heavy atom. The zero-order valence-electron chi connectivity index (χ0n) is 11.6. The molecule has 0 aromatic heterocycles. The molecular weight excluding hydrogens is 252 g/mol. The Hall–Kier alpha value is -1.34. The number of carboxylic acid groups (broad SMARTS) is 1. The second-order valence-corrected chi connectivity index (χ2v) is 3.98. The van der Waals surface area contributed by atoms with Crippen molar-refractivity contribution >= 4 is 12.0 Å². The minimum absolute atomic E-state index is 0.343. The van der Waals surface area contributed by atoms with E-state index >= 15 is 0 Å². The average molecular weight is 276 g/mol. The summed E-state index contributed by atoms with van der Waals surface area (Å²) in [6.45, 7) is 4.05. The second kappa shape index (κ2) is 11.7. The molecule has 3 N–H and O–H groups in total. The first-order valence-corrected chi connectivity index (χ1v) is 6.45. The van der Waals surface area contributed by atoms with E-state index in [1.165, 1.54) is 0 Å². The van der Waals surface area contributed by atoms with Gasteiger partial charge in [-0.05, 0) is 26.2 Å². The van der Waals surface area contributed by atoms with Crippen LogP contribution in [0.1, 0.15) is 26.2 Å². The zero-order valence-corrected chi connectivity index (χ0v) is 11.6. The molecule has 0 saturated carbocycles. The number of methoxy groups -OCH3 is 1. The van der Waals surface area contributed by atoms with E-state index in [2.05, 4.69) is 10.6 Å². The quantitative estimate of drug-likeness (QED) is 0.480. The largest absolute Gasteiger partial charge is 0.480 e. The summed E-state index contributed by atoms with van der Waals surface area (Å²) in [5, 5.41) is 14.0. The van der Waals surface area contributed by atoms with Crippen LogP contribution in [0.5, 0.6) is 0 Å². The summed E-state index contributed by atoms with van der Waals surface area (Å²) in [6.07, 6.45) is 1.62. The minimum atomic E-state index is -1.04. The Bertz CT molecular complexity index is 261. The number of hydrogen-bond donors (Lipinski definition) is 3. The predicted molar refractivity (Wildman–Crippen MR) is 70.2 cm³/mol. The molecule has 0 fully saturated rings. The van der Waals surface area contributed by atoms with Gasteiger partial charge < -0.3 is 25.2 Å². The van der Waals surface area contributed by atoms with Crippen LogP contribution >= 0.6 is 0 Å². The van der Waals surface area contributed by atoms with Crippen molar-refractivity contribution in [3.8, 4) is 0 Å². The van der Waals surface area contributed by atoms with Gasteiger partial charge in [-0.15, -0.1) is 0 Å². The van der Waals surface area contributed by atoms with Crippen LogP contribution in [0.2, 0.25) is 0 Å². The normalized spacial score (nSPS) is 11.9. The van der Waals surface area contributed by atoms with Crippen LogP contribution in [-0.2, 0) is 14.3 Å². The molecule has 0 aliphatic carbocycles. The summed E-state index contributed by atoms with van der Waals surface area (Å²) in [6, 6.07) is -1.36. The van der Waals surface area contributed by atoms with Gasteiger partial charge >= 0.3 is 12.0 Å². The molecule has 112 valence electrons. The first-order chi connectivity index (χ1) is 9.11. The van der Waals surface area contributed by atoms with Crippen molar-refractivity contribution in [2.45, 2.75) is 32.2 Å². The number of carbonyl (C=O) groups is 2. The molecule has 0 spiro atoms. The molecule has 19 heavy (non-hydrogen) atoms. The maximum absolute atomic E-state index is 11.5. The Balaban J connectivity index is 3.80. The molecule has 0 rings (SSSR count). The monoisotopic (exact) mass is 276 g/mol. The predicted octanol–water partition coefficient (Wildman–Crippen LogP) is 0.592. The molecule has 1 unspecified atom stereocenters. The summed E-state index contributed by atoms with van der Waals surface area (Å²) in [4.78, 5) is 22.4. The third-order valence-corrected chi connectivity index (χ3v) is 2.40. The summed E-state index contributed by atoms with van der Waals surface area (Å²) in [5.41, 5.74) is 0. The lowest BCUT2D eigenvalue weighted by Crippen LogP contribution is -2.46. The number of rotatable bonds is 11. The van der Waals surface area contributed by atoms with Crippen molar-refractivity contribution in [3.05, 3.63) is 0 Å². The van der Waals surface area contributed by atoms with Crippen LogP contribution in [0.15, 0.2) is 0 Å². The van der Waals surface area contributed by atoms with Crippen LogP contribution in [0.25, 0.3) is 0 Å². The second-order valence-electron chi connectivity index (χ2n) is 3.98. The molecule has 0 aromatic rings. The van der Waals surface area contributed by atoms with Gasteiger partial charge in [0.05, 0.1) is 0 Å². The summed E-state index contributed by atoms with van der Waals surface area (Å²) >= 11 is 0. The van der Waals surface area contributed by atoms with E-state index in [4.69, 9.17) is 14.6 Å². The Morgan fingerprint density at radius 3 is 2.58 bits per heavy atom. The minimum Gasteiger partial charge on any atom is -0.480 e. The lowest BCUT2D eigenvalue weighted by molar-refractivity contribution is -0.139. The Morgan fingerprint density at radius 2 is 2.00 bits per heavy atom. The maximum atomic E-state index is 11.5. The number of aliphatic carboxylic acids is 1. The highest BCUT2D eigenvalue weighted by atomic mass is 16.5. The summed E-state index contributed by atoms with van der Waals surface area (Å²) < 4.78 is 9.96. The lowest BCUT2D eigenvalue weighted by Gasteiger charge is -2.14. The first-order valence-electron chi connectivity index (χ1n) is 6.45. The fourth-order valence-corrected chi connectivity index (χ4v) is 1.42. The van der Waals surface area contributed by atoms with Gasteiger partial charge in [-0.2, -0.15) is 0 Å². The van der Waals surface area contributed by atoms with Crippen LogP contribution in [-0.4, -0.2) is 56.6 Å². The SMILES string of the molecule is CCOCCCNC(=O)NC(CCCOC)C(=O)O. The van der Waals surface area contributed by atoms with E-state index in [0.29, 0.717) is 45.6 Å². The highest BCUT2D eigenvalue weighted by Crippen LogP contribution is 1.98. The van der Waals surface area contributed by atoms with Crippen LogP contribution in [0, 0.1) is 0 Å². The molecule has 0 radical (unpaired) electrons. The highest BCUT2D eigenvalue weighted by Gasteiger charge is 2.18. The average Bonchev–Trinajstić information content (AvgIpc) is 2.37. The molecule has 0 saturated heterocycles. The summed E-state index contributed by atoms with van der Waals surface area (Å²) in [5.74, 6) is -1.04. The van der Waals surface area contributed by atoms with Crippen LogP contribution < -0.4 is 10.6 Å². The standard InChI is InChI=1S/C12H24N2O5/c1-3-19-9-5-7-13-12(17)14-10(11(15)16)6-4-8-18-2/h10H,3-9H2,1-2H3,(H,15,16)(H2,13,14,17). The van der Waals surface area contributed by atoms with Crippen molar-refractivity contribution in [1.82, 2.24) is 10.6 Å². The number of ether oxygens (including phenoxy) is 2. The molecule has 1 atom stereocenters. The molecule has 0 aliphatic rings. The van der Waals surface area contributed by atoms with Gasteiger partial charge in [-0.1, -0.05) is 0 Å². The fraction of sp³-hybridized carbons (Fsp3) is 0.833. The van der Waals surface area contributed by atoms with Crippen molar-refractivity contribution in [3.63, 3.8) is 0 Å². The number of urea groups is 1. The first kappa shape index (κ1) is 17.7. The van der Waals surface area contributed by atoms with Crippen molar-refractivity contribution in [2.75, 3.05) is 33.5 Å². The van der Waals surface area contributed by atoms with Crippen LogP contribution in [0.3, 0.4) is 0 Å². The van der Waals surface area contributed by atoms with Gasteiger partial charge in [0.15, 0.2) is 0 Å². The summed E-state index contributed by atoms with van der Waals surface area (Å²) in [7, 11) is 1.55. The van der Waals surface area contributed by atoms with E-state index in [-0.39, 0.29) is 0 Å². The number of nitrogens with one attached hydrogen (secondary N) is 2. The third-order valence-electron chi connectivity index (χ3n) is 2.40. The van der Waals surface area contributed by atoms with Gasteiger partial charge in [-0.3, -0.25) is 0 Å². The van der Waals surface area contributed by atoms with E-state index < -0.39 is 18.0 Å². The van der Waals surface area contributed by atoms with E-state index in [1.54, 1.807) is 7.11 Å². The number of carbonyl (C=O) groups excluding carboxylic acids is 1. The lowest BCUT2D eigenvalue weighted by atomic mass is 10.1. The molecule has 0 aromatic carbocycles. The maximum Gasteiger partial charge on any atom is 0.326 e. The molecule has 0 aliphatic heterocycles. The molecule has 0 heterocycles. The highest BCUT2D eigenvalue weighted by molar-refractivity contribution is 5.82. The number of amides is 2. The molecule has 7 nitrogen and oxygen atoms in total. The Labute approximate surface area is 113 Å². The van der Waals surface area contributed by atoms with E-state index in [1.807, 2.05) is 6.92 Å². The number of hydrogen-bond acceptors (Lipinski definition) is 4. The van der Waals surface area contributed by atoms with Crippen molar-refractivity contribution in [1.29, 1.82) is 0 Å². The zero-order chi connectivity index (χ0) is 14.5. The molecular formula is C12H24N2O5. The van der Waals surface area contributed by atoms with Gasteiger partial charge in [0.1, 0.15) is 6.04 Å². The van der Waals surface area contributed by atoms with Crippen LogP contribution in [0.4, 0.5) is 4.79 Å². The van der Waals surface area contributed by atoms with Gasteiger partial charge in [0.25, 0.3) is 0 Å². The smallest absolute Gasteiger partial charge is 0.326 e. The third kappa shape index (κ3) is 10.3. The van der Waals surface area contributed by atoms with Gasteiger partial charge in [-0.25, -0.2) is 9.59 Å². The fourth-order valence-electron chi connectivity index (χ4n) is 1.42. The van der Waals surface area contributed by atoms with E-state index in [0.717, 1.165) is 0 Å². The Kier molecular flexibility index (Phi) is 10.9. The van der Waals surface area contributed by atoms with Crippen molar-refractivity contribution < 1.29 is 24.2 Å². The molecule has 2 amide bonds. The van der Waals surface area contributed by atoms with E-state index in [9.17, 15) is 9.59 Å². The topological polar surface area (TPSA) is 96.9 Å². The molecule has 0 bridgehead atoms. The van der Waals surface area contributed by atoms with Crippen molar-refractivity contribution in [2.24, 2.45) is 0 Å². The number of carboxylic acids is 1. The molecule has 7 heteroatoms.